The molecule has 0 amide bonds. The Kier molecular flexibility index (Phi) is 6.05. The molecule has 114 valence electrons. The average Bonchev–Trinajstić information content (AvgIpc) is 2.46. The first-order valence-corrected chi connectivity index (χ1v) is 7.62. The molecule has 0 spiro atoms. The van der Waals surface area contributed by atoms with Gasteiger partial charge in [0.1, 0.15) is 25.0 Å². The second-order valence-corrected chi connectivity index (χ2v) is 5.84. The number of nitrogens with zero attached hydrogens (tertiary/aromatic N) is 1. The Morgan fingerprint density at radius 1 is 0.864 bits per heavy atom. The van der Waals surface area contributed by atoms with Crippen molar-refractivity contribution < 1.29 is 9.47 Å². The van der Waals surface area contributed by atoms with Gasteiger partial charge in [0.15, 0.2) is 5.75 Å². The quantitative estimate of drug-likeness (QED) is 0.635. The summed E-state index contributed by atoms with van der Waals surface area (Å²) in [5.74, 6) is 0.775. The van der Waals surface area contributed by atoms with Crippen LogP contribution >= 0.6 is 46.4 Å². The molecular formula is C15H9Cl4NO2. The van der Waals surface area contributed by atoms with Crippen molar-refractivity contribution in [2.24, 2.45) is 0 Å². The summed E-state index contributed by atoms with van der Waals surface area (Å²) in [5, 5.41) is 10.6. The number of ether oxygens (including phenoxy) is 2. The van der Waals surface area contributed by atoms with Gasteiger partial charge in [-0.15, -0.1) is 0 Å². The van der Waals surface area contributed by atoms with Gasteiger partial charge in [0.2, 0.25) is 0 Å². The summed E-state index contributed by atoms with van der Waals surface area (Å²) in [6, 6.07) is 9.90. The minimum Gasteiger partial charge on any atom is -0.489 e. The van der Waals surface area contributed by atoms with Crippen molar-refractivity contribution in [3.63, 3.8) is 0 Å². The van der Waals surface area contributed by atoms with E-state index in [1.165, 1.54) is 18.2 Å². The highest BCUT2D eigenvalue weighted by molar-refractivity contribution is 6.40. The van der Waals surface area contributed by atoms with Crippen LogP contribution in [0.4, 0.5) is 0 Å². The molecule has 2 aromatic carbocycles. The molecule has 0 aliphatic rings. The van der Waals surface area contributed by atoms with Crippen LogP contribution in [-0.2, 0) is 0 Å². The van der Waals surface area contributed by atoms with Crippen LogP contribution in [0.15, 0.2) is 30.3 Å². The van der Waals surface area contributed by atoms with Gasteiger partial charge in [0.05, 0.1) is 15.6 Å². The van der Waals surface area contributed by atoms with E-state index in [0.29, 0.717) is 37.2 Å². The molecule has 0 saturated carbocycles. The predicted molar refractivity (Wildman–Crippen MR) is 88.6 cm³/mol. The first kappa shape index (κ1) is 17.1. The third-order valence-corrected chi connectivity index (χ3v) is 3.63. The lowest BCUT2D eigenvalue weighted by Gasteiger charge is -2.12. The van der Waals surface area contributed by atoms with Gasteiger partial charge in [-0.25, -0.2) is 0 Å². The number of rotatable bonds is 5. The molecule has 0 unspecified atom stereocenters. The largest absolute Gasteiger partial charge is 0.489 e. The van der Waals surface area contributed by atoms with E-state index in [-0.39, 0.29) is 13.2 Å². The molecule has 0 atom stereocenters. The Balaban J connectivity index is 1.95. The topological polar surface area (TPSA) is 42.2 Å². The highest BCUT2D eigenvalue weighted by atomic mass is 35.5. The lowest BCUT2D eigenvalue weighted by atomic mass is 10.2. The van der Waals surface area contributed by atoms with E-state index < -0.39 is 0 Å². The normalized spacial score (nSPS) is 10.1. The van der Waals surface area contributed by atoms with E-state index in [9.17, 15) is 0 Å². The second kappa shape index (κ2) is 7.80. The number of hydrogen-bond donors (Lipinski definition) is 0. The second-order valence-electron chi connectivity index (χ2n) is 4.15. The molecule has 0 bridgehead atoms. The SMILES string of the molecule is N#Cc1cc(Cl)ccc1OCCOc1c(Cl)cc(Cl)cc1Cl. The van der Waals surface area contributed by atoms with Gasteiger partial charge >= 0.3 is 0 Å². The van der Waals surface area contributed by atoms with Crippen molar-refractivity contribution in [2.75, 3.05) is 13.2 Å². The summed E-state index contributed by atoms with van der Waals surface area (Å²) in [4.78, 5) is 0. The molecule has 0 aromatic heterocycles. The molecule has 2 aromatic rings. The molecule has 3 nitrogen and oxygen atoms in total. The van der Waals surface area contributed by atoms with Crippen molar-refractivity contribution in [3.8, 4) is 17.6 Å². The van der Waals surface area contributed by atoms with E-state index in [1.807, 2.05) is 6.07 Å². The predicted octanol–water partition coefficient (Wildman–Crippen LogP) is 5.63. The van der Waals surface area contributed by atoms with Crippen molar-refractivity contribution in [3.05, 3.63) is 56.0 Å². The van der Waals surface area contributed by atoms with E-state index in [4.69, 9.17) is 61.1 Å². The van der Waals surface area contributed by atoms with Crippen LogP contribution in [0.2, 0.25) is 20.1 Å². The van der Waals surface area contributed by atoms with Crippen LogP contribution in [0.3, 0.4) is 0 Å². The van der Waals surface area contributed by atoms with Crippen molar-refractivity contribution in [1.29, 1.82) is 5.26 Å². The number of halogens is 4. The fourth-order valence-corrected chi connectivity index (χ4v) is 2.78. The molecule has 7 heteroatoms. The third kappa shape index (κ3) is 4.34. The van der Waals surface area contributed by atoms with Gasteiger partial charge in [-0.1, -0.05) is 46.4 Å². The molecule has 0 N–H and O–H groups in total. The van der Waals surface area contributed by atoms with Crippen molar-refractivity contribution >= 4 is 46.4 Å². The van der Waals surface area contributed by atoms with E-state index in [1.54, 1.807) is 12.1 Å². The van der Waals surface area contributed by atoms with Crippen LogP contribution < -0.4 is 9.47 Å². The molecule has 22 heavy (non-hydrogen) atoms. The Morgan fingerprint density at radius 3 is 2.14 bits per heavy atom. The van der Waals surface area contributed by atoms with Crippen molar-refractivity contribution in [2.45, 2.75) is 0 Å². The van der Waals surface area contributed by atoms with Gasteiger partial charge in [-0.05, 0) is 30.3 Å². The standard InChI is InChI=1S/C15H9Cl4NO2/c16-10-1-2-14(9(5-10)8-20)21-3-4-22-15-12(18)6-11(17)7-13(15)19/h1-2,5-7H,3-4H2. The summed E-state index contributed by atoms with van der Waals surface area (Å²) in [6.45, 7) is 0.417. The zero-order valence-corrected chi connectivity index (χ0v) is 14.1. The van der Waals surface area contributed by atoms with Crippen LogP contribution in [0.1, 0.15) is 5.56 Å². The van der Waals surface area contributed by atoms with Crippen molar-refractivity contribution in [1.82, 2.24) is 0 Å². The maximum absolute atomic E-state index is 9.01. The van der Waals surface area contributed by atoms with E-state index in [0.717, 1.165) is 0 Å². The Bertz CT molecular complexity index is 705. The Hall–Kier alpha value is -1.31. The number of hydrogen-bond acceptors (Lipinski definition) is 3. The van der Waals surface area contributed by atoms with Crippen LogP contribution in [-0.4, -0.2) is 13.2 Å². The minimum atomic E-state index is 0.203. The monoisotopic (exact) mass is 375 g/mol. The molecule has 0 saturated heterocycles. The van der Waals surface area contributed by atoms with E-state index >= 15 is 0 Å². The molecule has 0 fully saturated rings. The summed E-state index contributed by atoms with van der Waals surface area (Å²) < 4.78 is 11.0. The lowest BCUT2D eigenvalue weighted by Crippen LogP contribution is -2.10. The van der Waals surface area contributed by atoms with Crippen LogP contribution in [0.5, 0.6) is 11.5 Å². The molecule has 0 heterocycles. The maximum Gasteiger partial charge on any atom is 0.156 e. The smallest absolute Gasteiger partial charge is 0.156 e. The zero-order valence-electron chi connectivity index (χ0n) is 11.1. The minimum absolute atomic E-state index is 0.203. The highest BCUT2D eigenvalue weighted by Gasteiger charge is 2.09. The molecule has 2 rings (SSSR count). The Labute approximate surface area is 147 Å². The fraction of sp³-hybridized carbons (Fsp3) is 0.133. The third-order valence-electron chi connectivity index (χ3n) is 2.61. The number of benzene rings is 2. The average molecular weight is 377 g/mol. The van der Waals surface area contributed by atoms with Gasteiger partial charge < -0.3 is 9.47 Å². The molecule has 0 aliphatic carbocycles. The van der Waals surface area contributed by atoms with Gasteiger partial charge in [0, 0.05) is 10.0 Å². The first-order chi connectivity index (χ1) is 10.5. The van der Waals surface area contributed by atoms with Gasteiger partial charge in [-0.3, -0.25) is 0 Å². The zero-order chi connectivity index (χ0) is 16.1. The summed E-state index contributed by atoms with van der Waals surface area (Å²) in [6.07, 6.45) is 0. The molecule has 0 aliphatic heterocycles. The molecule has 0 radical (unpaired) electrons. The Morgan fingerprint density at radius 2 is 1.50 bits per heavy atom. The molecular weight excluding hydrogens is 368 g/mol. The fourth-order valence-electron chi connectivity index (χ4n) is 1.68. The number of nitriles is 1. The summed E-state index contributed by atoms with van der Waals surface area (Å²) in [5.41, 5.74) is 0.357. The highest BCUT2D eigenvalue weighted by Crippen LogP contribution is 2.35. The van der Waals surface area contributed by atoms with Gasteiger partial charge in [0.25, 0.3) is 0 Å². The van der Waals surface area contributed by atoms with Crippen LogP contribution in [0, 0.1) is 11.3 Å². The van der Waals surface area contributed by atoms with Crippen LogP contribution in [0.25, 0.3) is 0 Å². The maximum atomic E-state index is 9.01. The van der Waals surface area contributed by atoms with Gasteiger partial charge in [-0.2, -0.15) is 5.26 Å². The lowest BCUT2D eigenvalue weighted by molar-refractivity contribution is 0.217. The van der Waals surface area contributed by atoms with E-state index in [2.05, 4.69) is 0 Å². The first-order valence-electron chi connectivity index (χ1n) is 6.11. The summed E-state index contributed by atoms with van der Waals surface area (Å²) >= 11 is 23.6. The summed E-state index contributed by atoms with van der Waals surface area (Å²) in [7, 11) is 0.